The Bertz CT molecular complexity index is 489. The molecule has 1 aliphatic heterocycles. The Hall–Kier alpha value is -1.06. The van der Waals surface area contributed by atoms with Crippen molar-refractivity contribution in [2.75, 3.05) is 26.7 Å². The summed E-state index contributed by atoms with van der Waals surface area (Å²) in [7, 11) is 1.97. The average Bonchev–Trinajstić information content (AvgIpc) is 2.87. The molecule has 1 aliphatic rings. The van der Waals surface area contributed by atoms with Gasteiger partial charge >= 0.3 is 0 Å². The standard InChI is InChI=1S/C17H25ClN2O/c1-12(2)16(14-5-4-6-15(18)9-14)17(21)20-8-7-13(11-20)10-19-3/h4-6,9,12-13,16,19H,7-8,10-11H2,1-3H3. The lowest BCUT2D eigenvalue weighted by Gasteiger charge is -2.26. The van der Waals surface area contributed by atoms with Crippen LogP contribution >= 0.6 is 11.6 Å². The van der Waals surface area contributed by atoms with Gasteiger partial charge in [-0.05, 0) is 49.5 Å². The number of rotatable bonds is 5. The molecule has 1 aromatic carbocycles. The van der Waals surface area contributed by atoms with Crippen molar-refractivity contribution in [3.8, 4) is 0 Å². The largest absolute Gasteiger partial charge is 0.342 e. The van der Waals surface area contributed by atoms with Crippen LogP contribution in [0.3, 0.4) is 0 Å². The van der Waals surface area contributed by atoms with Gasteiger partial charge in [-0.1, -0.05) is 37.6 Å². The Kier molecular flexibility index (Phi) is 5.65. The fourth-order valence-corrected chi connectivity index (χ4v) is 3.40. The van der Waals surface area contributed by atoms with Crippen molar-refractivity contribution in [1.29, 1.82) is 0 Å². The molecule has 3 nitrogen and oxygen atoms in total. The Morgan fingerprint density at radius 1 is 1.48 bits per heavy atom. The number of carbonyl (C=O) groups is 1. The Morgan fingerprint density at radius 3 is 2.86 bits per heavy atom. The van der Waals surface area contributed by atoms with Gasteiger partial charge in [-0.25, -0.2) is 0 Å². The fourth-order valence-electron chi connectivity index (χ4n) is 3.20. The minimum atomic E-state index is -0.1000. The molecule has 1 aromatic rings. The third-order valence-electron chi connectivity index (χ3n) is 4.23. The summed E-state index contributed by atoms with van der Waals surface area (Å²) in [4.78, 5) is 14.9. The minimum Gasteiger partial charge on any atom is -0.342 e. The number of nitrogens with one attached hydrogen (secondary N) is 1. The number of benzene rings is 1. The zero-order chi connectivity index (χ0) is 15.4. The molecule has 0 bridgehead atoms. The van der Waals surface area contributed by atoms with Gasteiger partial charge in [0.25, 0.3) is 0 Å². The maximum atomic E-state index is 12.9. The predicted molar refractivity (Wildman–Crippen MR) is 87.6 cm³/mol. The summed E-state index contributed by atoms with van der Waals surface area (Å²) in [6, 6.07) is 7.71. The van der Waals surface area contributed by atoms with Crippen molar-refractivity contribution in [2.45, 2.75) is 26.2 Å². The number of hydrogen-bond acceptors (Lipinski definition) is 2. The van der Waals surface area contributed by atoms with E-state index in [-0.39, 0.29) is 17.7 Å². The maximum Gasteiger partial charge on any atom is 0.230 e. The maximum absolute atomic E-state index is 12.9. The molecular formula is C17H25ClN2O. The quantitative estimate of drug-likeness (QED) is 0.906. The van der Waals surface area contributed by atoms with Crippen molar-refractivity contribution < 1.29 is 4.79 Å². The molecule has 0 aliphatic carbocycles. The lowest BCUT2D eigenvalue weighted by molar-refractivity contribution is -0.132. The van der Waals surface area contributed by atoms with Crippen LogP contribution in [-0.2, 0) is 4.79 Å². The van der Waals surface area contributed by atoms with Crippen LogP contribution in [0.1, 0.15) is 31.7 Å². The number of halogens is 1. The van der Waals surface area contributed by atoms with Crippen molar-refractivity contribution in [2.24, 2.45) is 11.8 Å². The highest BCUT2D eigenvalue weighted by Crippen LogP contribution is 2.30. The monoisotopic (exact) mass is 308 g/mol. The van der Waals surface area contributed by atoms with Gasteiger partial charge in [-0.3, -0.25) is 4.79 Å². The molecule has 1 N–H and O–H groups in total. The first kappa shape index (κ1) is 16.3. The summed E-state index contributed by atoms with van der Waals surface area (Å²) in [6.45, 7) is 6.92. The molecule has 2 rings (SSSR count). The first-order valence-electron chi connectivity index (χ1n) is 7.71. The van der Waals surface area contributed by atoms with Gasteiger partial charge in [0.15, 0.2) is 0 Å². The van der Waals surface area contributed by atoms with Crippen molar-refractivity contribution >= 4 is 17.5 Å². The summed E-state index contributed by atoms with van der Waals surface area (Å²) < 4.78 is 0. The Labute approximate surface area is 132 Å². The van der Waals surface area contributed by atoms with Crippen molar-refractivity contribution in [3.05, 3.63) is 34.9 Å². The van der Waals surface area contributed by atoms with Gasteiger partial charge in [0.1, 0.15) is 0 Å². The molecule has 116 valence electrons. The summed E-state index contributed by atoms with van der Waals surface area (Å²) in [5.41, 5.74) is 1.03. The van der Waals surface area contributed by atoms with Gasteiger partial charge in [-0.15, -0.1) is 0 Å². The molecule has 4 heteroatoms. The van der Waals surface area contributed by atoms with Crippen LogP contribution < -0.4 is 5.32 Å². The lowest BCUT2D eigenvalue weighted by Crippen LogP contribution is -2.36. The highest BCUT2D eigenvalue weighted by molar-refractivity contribution is 6.30. The first-order valence-corrected chi connectivity index (χ1v) is 8.09. The first-order chi connectivity index (χ1) is 10.0. The van der Waals surface area contributed by atoms with E-state index in [1.165, 1.54) is 0 Å². The SMILES string of the molecule is CNCC1CCN(C(=O)C(c2cccc(Cl)c2)C(C)C)C1. The minimum absolute atomic E-state index is 0.1000. The molecule has 0 radical (unpaired) electrons. The predicted octanol–water partition coefficient (Wildman–Crippen LogP) is 3.15. The van der Waals surface area contributed by atoms with Gasteiger partial charge in [-0.2, -0.15) is 0 Å². The van der Waals surface area contributed by atoms with Crippen LogP contribution in [0.2, 0.25) is 5.02 Å². The molecule has 21 heavy (non-hydrogen) atoms. The number of carbonyl (C=O) groups excluding carboxylic acids is 1. The Morgan fingerprint density at radius 2 is 2.24 bits per heavy atom. The molecule has 1 saturated heterocycles. The smallest absolute Gasteiger partial charge is 0.230 e. The van der Waals surface area contributed by atoms with E-state index >= 15 is 0 Å². The van der Waals surface area contributed by atoms with Crippen LogP contribution in [0, 0.1) is 11.8 Å². The van der Waals surface area contributed by atoms with Crippen LogP contribution in [0.25, 0.3) is 0 Å². The highest BCUT2D eigenvalue weighted by atomic mass is 35.5. The van der Waals surface area contributed by atoms with E-state index in [9.17, 15) is 4.79 Å². The van der Waals surface area contributed by atoms with Gasteiger partial charge < -0.3 is 10.2 Å². The topological polar surface area (TPSA) is 32.3 Å². The van der Waals surface area contributed by atoms with E-state index in [4.69, 9.17) is 11.6 Å². The van der Waals surface area contributed by atoms with E-state index in [1.54, 1.807) is 0 Å². The Balaban J connectivity index is 2.14. The van der Waals surface area contributed by atoms with Crippen LogP contribution in [-0.4, -0.2) is 37.5 Å². The summed E-state index contributed by atoms with van der Waals surface area (Å²) in [5.74, 6) is 0.980. The lowest BCUT2D eigenvalue weighted by atomic mass is 9.87. The fraction of sp³-hybridized carbons (Fsp3) is 0.588. The zero-order valence-electron chi connectivity index (χ0n) is 13.1. The molecule has 1 heterocycles. The van der Waals surface area contributed by atoms with Crippen molar-refractivity contribution in [3.63, 3.8) is 0 Å². The molecule has 1 fully saturated rings. The van der Waals surface area contributed by atoms with E-state index in [0.717, 1.165) is 31.6 Å². The third-order valence-corrected chi connectivity index (χ3v) is 4.47. The number of hydrogen-bond donors (Lipinski definition) is 1. The van der Waals surface area contributed by atoms with Gasteiger partial charge in [0, 0.05) is 18.1 Å². The van der Waals surface area contributed by atoms with E-state index in [2.05, 4.69) is 19.2 Å². The van der Waals surface area contributed by atoms with E-state index in [1.807, 2.05) is 36.2 Å². The molecule has 0 aromatic heterocycles. The molecule has 2 atom stereocenters. The summed E-state index contributed by atoms with van der Waals surface area (Å²) >= 11 is 6.09. The van der Waals surface area contributed by atoms with E-state index < -0.39 is 0 Å². The number of amides is 1. The molecule has 2 unspecified atom stereocenters. The second-order valence-electron chi connectivity index (χ2n) is 6.27. The zero-order valence-corrected chi connectivity index (χ0v) is 13.9. The average molecular weight is 309 g/mol. The van der Waals surface area contributed by atoms with Gasteiger partial charge in [0.05, 0.1) is 5.92 Å². The second kappa shape index (κ2) is 7.28. The second-order valence-corrected chi connectivity index (χ2v) is 6.71. The molecular weight excluding hydrogens is 284 g/mol. The molecule has 1 amide bonds. The van der Waals surface area contributed by atoms with Crippen molar-refractivity contribution in [1.82, 2.24) is 10.2 Å². The highest BCUT2D eigenvalue weighted by Gasteiger charge is 2.33. The molecule has 0 spiro atoms. The van der Waals surface area contributed by atoms with Crippen LogP contribution in [0.4, 0.5) is 0 Å². The van der Waals surface area contributed by atoms with Crippen LogP contribution in [0.15, 0.2) is 24.3 Å². The molecule has 0 saturated carbocycles. The normalized spacial score (nSPS) is 20.0. The summed E-state index contributed by atoms with van der Waals surface area (Å²) in [5, 5.41) is 3.90. The van der Waals surface area contributed by atoms with Gasteiger partial charge in [0.2, 0.25) is 5.91 Å². The third kappa shape index (κ3) is 3.98. The number of likely N-dealkylation sites (tertiary alicyclic amines) is 1. The van der Waals surface area contributed by atoms with Crippen LogP contribution in [0.5, 0.6) is 0 Å². The van der Waals surface area contributed by atoms with E-state index in [0.29, 0.717) is 10.9 Å². The summed E-state index contributed by atoms with van der Waals surface area (Å²) in [6.07, 6.45) is 1.09. The number of nitrogens with zero attached hydrogens (tertiary/aromatic N) is 1.